The van der Waals surface area contributed by atoms with Crippen LogP contribution in [0.2, 0.25) is 0 Å². The molecule has 3 aromatic carbocycles. The number of nitrogens with one attached hydrogen (secondary N) is 1. The van der Waals surface area contributed by atoms with Gasteiger partial charge in [-0.15, -0.1) is 0 Å². The zero-order valence-electron chi connectivity index (χ0n) is 17.8. The molecular formula is C27H24FN3O. The van der Waals surface area contributed by atoms with Gasteiger partial charge in [0.25, 0.3) is 5.91 Å². The van der Waals surface area contributed by atoms with E-state index in [2.05, 4.69) is 11.4 Å². The molecule has 2 heterocycles. The van der Waals surface area contributed by atoms with Gasteiger partial charge < -0.3 is 10.2 Å². The van der Waals surface area contributed by atoms with Crippen LogP contribution in [0.3, 0.4) is 0 Å². The highest BCUT2D eigenvalue weighted by Crippen LogP contribution is 2.43. The van der Waals surface area contributed by atoms with Gasteiger partial charge in [-0.1, -0.05) is 42.5 Å². The van der Waals surface area contributed by atoms with Gasteiger partial charge in [-0.05, 0) is 72.1 Å². The molecule has 32 heavy (non-hydrogen) atoms. The number of hydrogen-bond donors (Lipinski definition) is 1. The number of carbonyl (C=O) groups excluding carboxylic acids is 1. The Bertz CT molecular complexity index is 1250. The second-order valence-electron chi connectivity index (χ2n) is 8.61. The number of piperidine rings is 1. The summed E-state index contributed by atoms with van der Waals surface area (Å²) in [5.41, 5.74) is 2.98. The van der Waals surface area contributed by atoms with E-state index in [1.165, 1.54) is 12.1 Å². The van der Waals surface area contributed by atoms with E-state index in [1.54, 1.807) is 0 Å². The first kappa shape index (κ1) is 20.4. The van der Waals surface area contributed by atoms with E-state index < -0.39 is 5.41 Å². The second-order valence-corrected chi connectivity index (χ2v) is 8.61. The van der Waals surface area contributed by atoms with E-state index in [0.29, 0.717) is 18.7 Å². The van der Waals surface area contributed by atoms with Crippen molar-refractivity contribution in [3.05, 3.63) is 94.8 Å². The minimum absolute atomic E-state index is 0.0302. The Kier molecular flexibility index (Phi) is 5.24. The molecule has 0 radical (unpaired) electrons. The molecule has 2 aliphatic rings. The van der Waals surface area contributed by atoms with Crippen LogP contribution in [0.5, 0.6) is 0 Å². The van der Waals surface area contributed by atoms with Gasteiger partial charge in [-0.3, -0.25) is 4.79 Å². The predicted octanol–water partition coefficient (Wildman–Crippen LogP) is 4.44. The second kappa shape index (κ2) is 8.22. The van der Waals surface area contributed by atoms with Crippen LogP contribution in [0.15, 0.2) is 72.3 Å². The van der Waals surface area contributed by atoms with Gasteiger partial charge in [0.2, 0.25) is 0 Å². The Morgan fingerprint density at radius 1 is 1.06 bits per heavy atom. The maximum Gasteiger partial charge on any atom is 0.251 e. The van der Waals surface area contributed by atoms with Gasteiger partial charge >= 0.3 is 0 Å². The van der Waals surface area contributed by atoms with Crippen molar-refractivity contribution in [2.24, 2.45) is 0 Å². The van der Waals surface area contributed by atoms with Crippen LogP contribution in [0, 0.1) is 17.1 Å². The molecule has 5 rings (SSSR count). The van der Waals surface area contributed by atoms with Gasteiger partial charge in [0, 0.05) is 24.1 Å². The topological polar surface area (TPSA) is 56.1 Å². The number of nitriles is 1. The Morgan fingerprint density at radius 2 is 1.81 bits per heavy atom. The third-order valence-corrected chi connectivity index (χ3v) is 6.84. The van der Waals surface area contributed by atoms with Crippen molar-refractivity contribution in [2.75, 3.05) is 19.6 Å². The number of halogens is 1. The molecule has 3 aromatic rings. The molecule has 4 nitrogen and oxygen atoms in total. The molecule has 0 unspecified atom stereocenters. The lowest BCUT2D eigenvalue weighted by Crippen LogP contribution is -2.44. The third kappa shape index (κ3) is 3.47. The molecule has 2 aliphatic heterocycles. The van der Waals surface area contributed by atoms with E-state index >= 15 is 0 Å². The number of benzene rings is 3. The maximum absolute atomic E-state index is 13.6. The first-order valence-electron chi connectivity index (χ1n) is 11.0. The van der Waals surface area contributed by atoms with E-state index in [4.69, 9.17) is 0 Å². The zero-order chi connectivity index (χ0) is 22.1. The molecule has 0 atom stereocenters. The van der Waals surface area contributed by atoms with Crippen LogP contribution in [-0.2, 0) is 16.8 Å². The SMILES string of the molecule is N#Cc1cc(CN2CC=C(C3(c4ccc(F)cc4)CCNCC3)C2=O)c2ccccc2c1. The summed E-state index contributed by atoms with van der Waals surface area (Å²) in [7, 11) is 0. The summed E-state index contributed by atoms with van der Waals surface area (Å²) in [4.78, 5) is 15.5. The zero-order valence-corrected chi connectivity index (χ0v) is 17.8. The van der Waals surface area contributed by atoms with Crippen molar-refractivity contribution in [3.8, 4) is 6.07 Å². The molecular weight excluding hydrogens is 401 g/mol. The molecule has 1 amide bonds. The number of nitrogens with zero attached hydrogens (tertiary/aromatic N) is 2. The van der Waals surface area contributed by atoms with Gasteiger partial charge in [0.1, 0.15) is 5.82 Å². The highest BCUT2D eigenvalue weighted by Gasteiger charge is 2.43. The minimum atomic E-state index is -0.401. The highest BCUT2D eigenvalue weighted by atomic mass is 19.1. The van der Waals surface area contributed by atoms with E-state index in [0.717, 1.165) is 53.4 Å². The Morgan fingerprint density at radius 3 is 2.56 bits per heavy atom. The summed E-state index contributed by atoms with van der Waals surface area (Å²) in [6, 6.07) is 20.6. The van der Waals surface area contributed by atoms with Crippen LogP contribution in [0.25, 0.3) is 10.8 Å². The smallest absolute Gasteiger partial charge is 0.251 e. The van der Waals surface area contributed by atoms with E-state index in [9.17, 15) is 14.4 Å². The lowest BCUT2D eigenvalue weighted by molar-refractivity contribution is -0.126. The van der Waals surface area contributed by atoms with Gasteiger partial charge in [0.05, 0.1) is 11.6 Å². The normalized spacial score (nSPS) is 17.9. The first-order valence-corrected chi connectivity index (χ1v) is 11.0. The molecule has 160 valence electrons. The van der Waals surface area contributed by atoms with Crippen molar-refractivity contribution in [1.82, 2.24) is 10.2 Å². The summed E-state index contributed by atoms with van der Waals surface area (Å²) in [6.45, 7) is 2.62. The summed E-state index contributed by atoms with van der Waals surface area (Å²) in [6.07, 6.45) is 3.65. The van der Waals surface area contributed by atoms with Crippen molar-refractivity contribution in [3.63, 3.8) is 0 Å². The number of amides is 1. The average Bonchev–Trinajstić information content (AvgIpc) is 3.20. The fourth-order valence-electron chi connectivity index (χ4n) is 5.21. The van der Waals surface area contributed by atoms with E-state index in [1.807, 2.05) is 59.5 Å². The summed E-state index contributed by atoms with van der Waals surface area (Å²) in [5, 5.41) is 14.9. The standard InChI is InChI=1S/C27H24FN3O/c28-23-7-5-22(6-8-23)27(10-12-30-13-11-27)25-9-14-31(26(25)32)18-21-16-19(17-29)15-20-3-1-2-4-24(20)21/h1-9,15-16,30H,10-14,18H2. The van der Waals surface area contributed by atoms with Crippen LogP contribution >= 0.6 is 0 Å². The fraction of sp³-hybridized carbons (Fsp3) is 0.259. The van der Waals surface area contributed by atoms with Crippen LogP contribution in [-0.4, -0.2) is 30.4 Å². The summed E-state index contributed by atoms with van der Waals surface area (Å²) >= 11 is 0. The van der Waals surface area contributed by atoms with Crippen molar-refractivity contribution in [1.29, 1.82) is 5.26 Å². The van der Waals surface area contributed by atoms with Gasteiger partial charge in [0.15, 0.2) is 0 Å². The number of hydrogen-bond acceptors (Lipinski definition) is 3. The molecule has 1 fully saturated rings. The van der Waals surface area contributed by atoms with Crippen LogP contribution in [0.4, 0.5) is 4.39 Å². The van der Waals surface area contributed by atoms with Gasteiger partial charge in [-0.2, -0.15) is 5.26 Å². The number of carbonyl (C=O) groups is 1. The monoisotopic (exact) mass is 425 g/mol. The van der Waals surface area contributed by atoms with Crippen molar-refractivity contribution < 1.29 is 9.18 Å². The molecule has 0 spiro atoms. The minimum Gasteiger partial charge on any atom is -0.331 e. The largest absolute Gasteiger partial charge is 0.331 e. The predicted molar refractivity (Wildman–Crippen MR) is 122 cm³/mol. The summed E-state index contributed by atoms with van der Waals surface area (Å²) in [5.74, 6) is -0.238. The van der Waals surface area contributed by atoms with E-state index in [-0.39, 0.29) is 11.7 Å². The highest BCUT2D eigenvalue weighted by molar-refractivity contribution is 5.99. The summed E-state index contributed by atoms with van der Waals surface area (Å²) < 4.78 is 13.6. The van der Waals surface area contributed by atoms with Crippen LogP contribution < -0.4 is 5.32 Å². The lowest BCUT2D eigenvalue weighted by atomic mass is 9.68. The molecule has 5 heteroatoms. The molecule has 0 aromatic heterocycles. The lowest BCUT2D eigenvalue weighted by Gasteiger charge is -2.39. The Hall–Kier alpha value is -3.49. The Balaban J connectivity index is 1.47. The molecule has 0 saturated carbocycles. The van der Waals surface area contributed by atoms with Crippen molar-refractivity contribution >= 4 is 16.7 Å². The Labute approximate surface area is 187 Å². The van der Waals surface area contributed by atoms with Crippen LogP contribution in [0.1, 0.15) is 29.5 Å². The number of rotatable bonds is 4. The number of fused-ring (bicyclic) bond motifs is 1. The molecule has 0 aliphatic carbocycles. The maximum atomic E-state index is 13.6. The van der Waals surface area contributed by atoms with Crippen molar-refractivity contribution in [2.45, 2.75) is 24.8 Å². The quantitative estimate of drug-likeness (QED) is 0.672. The molecule has 1 N–H and O–H groups in total. The fourth-order valence-corrected chi connectivity index (χ4v) is 5.21. The molecule has 1 saturated heterocycles. The third-order valence-electron chi connectivity index (χ3n) is 6.84. The average molecular weight is 426 g/mol. The first-order chi connectivity index (χ1) is 15.6. The molecule has 0 bridgehead atoms. The van der Waals surface area contributed by atoms with Gasteiger partial charge in [-0.25, -0.2) is 4.39 Å².